The molecular formula is C14H14N6OS. The molecule has 3 aromatic rings. The Labute approximate surface area is 131 Å². The topological polar surface area (TPSA) is 85.6 Å². The zero-order chi connectivity index (χ0) is 15.7. The Balaban J connectivity index is 1.89. The lowest BCUT2D eigenvalue weighted by molar-refractivity contribution is 0.253. The first-order valence-corrected chi connectivity index (χ1v) is 7.44. The number of imidazole rings is 1. The molecule has 0 atom stereocenters. The number of aryl methyl sites for hydroxylation is 3. The van der Waals surface area contributed by atoms with Crippen LogP contribution in [-0.2, 0) is 0 Å². The number of thiazole rings is 1. The van der Waals surface area contributed by atoms with Crippen molar-refractivity contribution >= 4 is 22.5 Å². The van der Waals surface area contributed by atoms with E-state index < -0.39 is 0 Å². The van der Waals surface area contributed by atoms with Crippen LogP contribution in [-0.4, -0.2) is 30.5 Å². The number of amides is 1. The van der Waals surface area contributed by atoms with Crippen LogP contribution < -0.4 is 5.32 Å². The van der Waals surface area contributed by atoms with Crippen molar-refractivity contribution in [1.29, 1.82) is 0 Å². The van der Waals surface area contributed by atoms with Crippen LogP contribution in [0.1, 0.15) is 17.1 Å². The van der Waals surface area contributed by atoms with Gasteiger partial charge in [0.05, 0.1) is 10.6 Å². The monoisotopic (exact) mass is 314 g/mol. The molecule has 3 heterocycles. The van der Waals surface area contributed by atoms with Crippen molar-refractivity contribution in [3.05, 3.63) is 41.9 Å². The zero-order valence-corrected chi connectivity index (χ0v) is 13.2. The average molecular weight is 314 g/mol. The standard InChI is InChI=1S/C14H14N6OS/c1-8-6-9(2)17-12(16-8)11-10(3)18-13(22-11)19-14(21)20-5-4-15-7-20/h4-7H,1-3H3,(H,18,19,21). The van der Waals surface area contributed by atoms with Gasteiger partial charge in [-0.2, -0.15) is 0 Å². The number of nitrogens with one attached hydrogen (secondary N) is 1. The second-order valence-corrected chi connectivity index (χ2v) is 5.81. The van der Waals surface area contributed by atoms with E-state index in [1.54, 1.807) is 12.4 Å². The van der Waals surface area contributed by atoms with Gasteiger partial charge in [0.2, 0.25) is 0 Å². The van der Waals surface area contributed by atoms with Crippen LogP contribution in [0, 0.1) is 20.8 Å². The van der Waals surface area contributed by atoms with E-state index in [1.807, 2.05) is 26.8 Å². The summed E-state index contributed by atoms with van der Waals surface area (Å²) >= 11 is 1.35. The largest absolute Gasteiger partial charge is 0.333 e. The number of aromatic nitrogens is 5. The fourth-order valence-corrected chi connectivity index (χ4v) is 2.91. The summed E-state index contributed by atoms with van der Waals surface area (Å²) in [6, 6.07) is 1.61. The number of hydrogen-bond donors (Lipinski definition) is 1. The number of carbonyl (C=O) groups is 1. The Bertz CT molecular complexity index is 804. The van der Waals surface area contributed by atoms with E-state index in [4.69, 9.17) is 0 Å². The first-order chi connectivity index (χ1) is 10.5. The van der Waals surface area contributed by atoms with E-state index in [0.29, 0.717) is 11.0 Å². The van der Waals surface area contributed by atoms with Gasteiger partial charge in [-0.15, -0.1) is 0 Å². The molecule has 0 fully saturated rings. The summed E-state index contributed by atoms with van der Waals surface area (Å²) in [7, 11) is 0. The Morgan fingerprint density at radius 1 is 1.18 bits per heavy atom. The van der Waals surface area contributed by atoms with Crippen LogP contribution in [0.4, 0.5) is 9.93 Å². The number of nitrogens with zero attached hydrogens (tertiary/aromatic N) is 5. The summed E-state index contributed by atoms with van der Waals surface area (Å²) in [4.78, 5) is 29.9. The molecule has 112 valence electrons. The van der Waals surface area contributed by atoms with Crippen LogP contribution in [0.2, 0.25) is 0 Å². The van der Waals surface area contributed by atoms with Crippen molar-refractivity contribution in [2.45, 2.75) is 20.8 Å². The summed E-state index contributed by atoms with van der Waals surface area (Å²) in [5, 5.41) is 3.25. The molecule has 1 amide bonds. The van der Waals surface area contributed by atoms with E-state index in [2.05, 4.69) is 25.3 Å². The third kappa shape index (κ3) is 2.86. The first kappa shape index (κ1) is 14.3. The van der Waals surface area contributed by atoms with Crippen molar-refractivity contribution in [3.8, 4) is 10.7 Å². The molecule has 0 unspecified atom stereocenters. The second-order valence-electron chi connectivity index (χ2n) is 4.81. The SMILES string of the molecule is Cc1cc(C)nc(-c2sc(NC(=O)n3ccnc3)nc2C)n1. The summed E-state index contributed by atoms with van der Waals surface area (Å²) < 4.78 is 1.35. The van der Waals surface area contributed by atoms with Crippen molar-refractivity contribution in [2.75, 3.05) is 5.32 Å². The molecule has 0 spiro atoms. The van der Waals surface area contributed by atoms with Crippen molar-refractivity contribution in [1.82, 2.24) is 24.5 Å². The highest BCUT2D eigenvalue weighted by Crippen LogP contribution is 2.30. The van der Waals surface area contributed by atoms with E-state index in [0.717, 1.165) is 22.0 Å². The van der Waals surface area contributed by atoms with Crippen LogP contribution in [0.15, 0.2) is 24.8 Å². The number of rotatable bonds is 2. The lowest BCUT2D eigenvalue weighted by Crippen LogP contribution is -2.17. The molecule has 3 aromatic heterocycles. The van der Waals surface area contributed by atoms with Crippen LogP contribution in [0.3, 0.4) is 0 Å². The van der Waals surface area contributed by atoms with Crippen molar-refractivity contribution in [3.63, 3.8) is 0 Å². The molecule has 0 bridgehead atoms. The molecule has 1 N–H and O–H groups in total. The van der Waals surface area contributed by atoms with Gasteiger partial charge in [-0.05, 0) is 26.8 Å². The van der Waals surface area contributed by atoms with Gasteiger partial charge in [-0.3, -0.25) is 9.88 Å². The summed E-state index contributed by atoms with van der Waals surface area (Å²) in [6.45, 7) is 5.73. The Hall–Kier alpha value is -2.61. The quantitative estimate of drug-likeness (QED) is 0.786. The molecule has 0 aliphatic heterocycles. The maximum atomic E-state index is 12.0. The molecule has 22 heavy (non-hydrogen) atoms. The predicted octanol–water partition coefficient (Wildman–Crippen LogP) is 2.80. The summed E-state index contributed by atoms with van der Waals surface area (Å²) in [5.41, 5.74) is 2.59. The third-order valence-corrected chi connectivity index (χ3v) is 4.00. The maximum absolute atomic E-state index is 12.0. The fraction of sp³-hybridized carbons (Fsp3) is 0.214. The molecule has 3 rings (SSSR count). The Morgan fingerprint density at radius 3 is 2.55 bits per heavy atom. The van der Waals surface area contributed by atoms with E-state index in [-0.39, 0.29) is 6.03 Å². The Morgan fingerprint density at radius 2 is 1.91 bits per heavy atom. The molecule has 8 heteroatoms. The number of anilines is 1. The summed E-state index contributed by atoms with van der Waals surface area (Å²) in [6.07, 6.45) is 4.55. The lowest BCUT2D eigenvalue weighted by Gasteiger charge is -2.01. The normalized spacial score (nSPS) is 10.7. The van der Waals surface area contributed by atoms with Gasteiger partial charge in [-0.25, -0.2) is 24.7 Å². The van der Waals surface area contributed by atoms with Gasteiger partial charge in [0.1, 0.15) is 6.33 Å². The minimum absolute atomic E-state index is 0.306. The molecule has 0 aliphatic rings. The van der Waals surface area contributed by atoms with Gasteiger partial charge in [0.25, 0.3) is 0 Å². The second kappa shape index (κ2) is 5.64. The van der Waals surface area contributed by atoms with Gasteiger partial charge in [0, 0.05) is 23.8 Å². The highest BCUT2D eigenvalue weighted by Gasteiger charge is 2.15. The fourth-order valence-electron chi connectivity index (χ4n) is 2.02. The van der Waals surface area contributed by atoms with Crippen molar-refractivity contribution in [2.24, 2.45) is 0 Å². The Kier molecular flexibility index (Phi) is 3.68. The molecular weight excluding hydrogens is 300 g/mol. The summed E-state index contributed by atoms with van der Waals surface area (Å²) in [5.74, 6) is 0.635. The molecule has 0 saturated heterocycles. The molecule has 0 radical (unpaired) electrons. The molecule has 0 aliphatic carbocycles. The molecule has 0 aromatic carbocycles. The number of hydrogen-bond acceptors (Lipinski definition) is 6. The average Bonchev–Trinajstić information content (AvgIpc) is 3.07. The van der Waals surface area contributed by atoms with E-state index >= 15 is 0 Å². The lowest BCUT2D eigenvalue weighted by atomic mass is 10.3. The van der Waals surface area contributed by atoms with Gasteiger partial charge >= 0.3 is 6.03 Å². The predicted molar refractivity (Wildman–Crippen MR) is 84.0 cm³/mol. The van der Waals surface area contributed by atoms with Crippen molar-refractivity contribution < 1.29 is 4.79 Å². The van der Waals surface area contributed by atoms with Crippen LogP contribution in [0.25, 0.3) is 10.7 Å². The highest BCUT2D eigenvalue weighted by atomic mass is 32.1. The van der Waals surface area contributed by atoms with Crippen LogP contribution in [0.5, 0.6) is 0 Å². The van der Waals surface area contributed by atoms with E-state index in [1.165, 1.54) is 22.2 Å². The van der Waals surface area contributed by atoms with Gasteiger partial charge in [0.15, 0.2) is 11.0 Å². The minimum atomic E-state index is -0.306. The first-order valence-electron chi connectivity index (χ1n) is 6.62. The smallest absolute Gasteiger partial charge is 0.283 e. The highest BCUT2D eigenvalue weighted by molar-refractivity contribution is 7.19. The number of carbonyl (C=O) groups excluding carboxylic acids is 1. The van der Waals surface area contributed by atoms with Gasteiger partial charge < -0.3 is 0 Å². The zero-order valence-electron chi connectivity index (χ0n) is 12.4. The molecule has 7 nitrogen and oxygen atoms in total. The van der Waals surface area contributed by atoms with Crippen LogP contribution >= 0.6 is 11.3 Å². The minimum Gasteiger partial charge on any atom is -0.283 e. The van der Waals surface area contributed by atoms with E-state index in [9.17, 15) is 4.79 Å². The molecule has 0 saturated carbocycles. The maximum Gasteiger partial charge on any atom is 0.333 e. The third-order valence-electron chi connectivity index (χ3n) is 2.93. The van der Waals surface area contributed by atoms with Gasteiger partial charge in [-0.1, -0.05) is 11.3 Å².